The Kier molecular flexibility index (Phi) is 4.90. The van der Waals surface area contributed by atoms with Crippen LogP contribution in [0.25, 0.3) is 0 Å². The molecular formula is C24H29NO2. The van der Waals surface area contributed by atoms with Crippen LogP contribution in [0.2, 0.25) is 0 Å². The largest absolute Gasteiger partial charge is 0.485 e. The number of carbonyl (C=O) groups excluding carboxylic acids is 1. The molecular weight excluding hydrogens is 334 g/mol. The third-order valence-corrected chi connectivity index (χ3v) is 5.34. The number of allylic oxidation sites excluding steroid dienone is 1. The number of benzene rings is 2. The molecule has 0 spiro atoms. The van der Waals surface area contributed by atoms with E-state index in [9.17, 15) is 4.79 Å². The van der Waals surface area contributed by atoms with Gasteiger partial charge in [0.1, 0.15) is 5.75 Å². The average Bonchev–Trinajstić information content (AvgIpc) is 2.81. The number of anilines is 1. The van der Waals surface area contributed by atoms with Gasteiger partial charge in [-0.1, -0.05) is 65.0 Å². The highest BCUT2D eigenvalue weighted by atomic mass is 16.5. The highest BCUT2D eigenvalue weighted by Gasteiger charge is 2.38. The Morgan fingerprint density at radius 2 is 1.70 bits per heavy atom. The van der Waals surface area contributed by atoms with Crippen LogP contribution in [0, 0.1) is 0 Å². The van der Waals surface area contributed by atoms with Crippen molar-refractivity contribution >= 4 is 11.5 Å². The fraction of sp³-hybridized carbons (Fsp3) is 0.375. The van der Waals surface area contributed by atoms with Gasteiger partial charge in [0.2, 0.25) is 0 Å². The first-order chi connectivity index (χ1) is 12.6. The fourth-order valence-electron chi connectivity index (χ4n) is 3.66. The Morgan fingerprint density at radius 3 is 2.30 bits per heavy atom. The lowest BCUT2D eigenvalue weighted by atomic mass is 9.83. The van der Waals surface area contributed by atoms with Crippen LogP contribution in [0.3, 0.4) is 0 Å². The number of para-hydroxylation sites is 1. The molecule has 3 nitrogen and oxygen atoms in total. The molecule has 3 heteroatoms. The van der Waals surface area contributed by atoms with E-state index in [0.29, 0.717) is 0 Å². The maximum Gasteiger partial charge on any atom is 0.194 e. The third-order valence-electron chi connectivity index (χ3n) is 5.34. The average molecular weight is 364 g/mol. The van der Waals surface area contributed by atoms with Crippen LogP contribution >= 0.6 is 0 Å². The molecule has 1 aliphatic heterocycles. The summed E-state index contributed by atoms with van der Waals surface area (Å²) in [6.45, 7) is 10.9. The minimum absolute atomic E-state index is 0.0300. The van der Waals surface area contributed by atoms with E-state index in [1.165, 1.54) is 11.1 Å². The van der Waals surface area contributed by atoms with Gasteiger partial charge in [0, 0.05) is 29.9 Å². The zero-order valence-corrected chi connectivity index (χ0v) is 17.2. The highest BCUT2D eigenvalue weighted by Crippen LogP contribution is 2.46. The van der Waals surface area contributed by atoms with Crippen molar-refractivity contribution in [3.8, 4) is 5.75 Å². The van der Waals surface area contributed by atoms with Crippen LogP contribution in [-0.4, -0.2) is 19.4 Å². The van der Waals surface area contributed by atoms with Gasteiger partial charge in [-0.05, 0) is 34.7 Å². The zero-order valence-electron chi connectivity index (χ0n) is 17.2. The quantitative estimate of drug-likeness (QED) is 0.696. The van der Waals surface area contributed by atoms with E-state index >= 15 is 0 Å². The van der Waals surface area contributed by atoms with E-state index in [1.54, 1.807) is 6.08 Å². The first kappa shape index (κ1) is 19.2. The Bertz CT molecular complexity index is 870. The lowest BCUT2D eigenvalue weighted by Gasteiger charge is -2.24. The number of rotatable bonds is 4. The molecule has 0 fully saturated rings. The van der Waals surface area contributed by atoms with Crippen molar-refractivity contribution in [1.29, 1.82) is 0 Å². The van der Waals surface area contributed by atoms with E-state index in [-0.39, 0.29) is 23.2 Å². The Morgan fingerprint density at radius 1 is 1.07 bits per heavy atom. The molecule has 0 bridgehead atoms. The number of ether oxygens (including phenoxy) is 1. The van der Waals surface area contributed by atoms with Gasteiger partial charge >= 0.3 is 0 Å². The summed E-state index contributed by atoms with van der Waals surface area (Å²) in [5, 5.41) is 0. The Hall–Kier alpha value is -2.55. The van der Waals surface area contributed by atoms with Gasteiger partial charge in [0.15, 0.2) is 12.4 Å². The molecule has 0 N–H and O–H groups in total. The topological polar surface area (TPSA) is 29.5 Å². The summed E-state index contributed by atoms with van der Waals surface area (Å²) in [6.07, 6.45) is 1.73. The summed E-state index contributed by atoms with van der Waals surface area (Å²) in [5.74, 6) is 0.690. The van der Waals surface area contributed by atoms with Crippen molar-refractivity contribution < 1.29 is 9.53 Å². The molecule has 2 aromatic carbocycles. The van der Waals surface area contributed by atoms with Gasteiger partial charge in [-0.25, -0.2) is 0 Å². The number of fused-ring (bicyclic) bond motifs is 1. The van der Waals surface area contributed by atoms with Crippen LogP contribution < -0.4 is 9.64 Å². The third kappa shape index (κ3) is 3.78. The zero-order chi connectivity index (χ0) is 19.8. The molecule has 0 saturated carbocycles. The van der Waals surface area contributed by atoms with Gasteiger partial charge in [-0.2, -0.15) is 0 Å². The van der Waals surface area contributed by atoms with Crippen LogP contribution in [0.5, 0.6) is 5.75 Å². The number of carbonyl (C=O) groups is 1. The van der Waals surface area contributed by atoms with Crippen LogP contribution in [0.4, 0.5) is 5.69 Å². The van der Waals surface area contributed by atoms with Crippen LogP contribution in [0.15, 0.2) is 60.3 Å². The van der Waals surface area contributed by atoms with Crippen molar-refractivity contribution in [3.05, 3.63) is 71.4 Å². The molecule has 142 valence electrons. The van der Waals surface area contributed by atoms with Crippen molar-refractivity contribution in [2.24, 2.45) is 0 Å². The molecule has 0 radical (unpaired) electrons. The lowest BCUT2D eigenvalue weighted by molar-refractivity contribution is -0.116. The maximum atomic E-state index is 12.6. The summed E-state index contributed by atoms with van der Waals surface area (Å²) in [5.41, 5.74) is 4.54. The monoisotopic (exact) mass is 363 g/mol. The van der Waals surface area contributed by atoms with E-state index in [2.05, 4.69) is 63.8 Å². The highest BCUT2D eigenvalue weighted by molar-refractivity contribution is 5.93. The molecule has 0 unspecified atom stereocenters. The molecule has 0 amide bonds. The predicted molar refractivity (Wildman–Crippen MR) is 112 cm³/mol. The van der Waals surface area contributed by atoms with Gasteiger partial charge in [0.25, 0.3) is 0 Å². The summed E-state index contributed by atoms with van der Waals surface area (Å²) < 4.78 is 5.71. The normalized spacial score (nSPS) is 17.1. The summed E-state index contributed by atoms with van der Waals surface area (Å²) in [7, 11) is 2.01. The molecule has 0 atom stereocenters. The van der Waals surface area contributed by atoms with Crippen LogP contribution in [0.1, 0.15) is 45.7 Å². The van der Waals surface area contributed by atoms with E-state index in [0.717, 1.165) is 17.1 Å². The van der Waals surface area contributed by atoms with Crippen LogP contribution in [-0.2, 0) is 15.6 Å². The van der Waals surface area contributed by atoms with Gasteiger partial charge in [-0.15, -0.1) is 0 Å². The molecule has 1 aliphatic rings. The van der Waals surface area contributed by atoms with E-state index < -0.39 is 0 Å². The molecule has 0 aromatic heterocycles. The van der Waals surface area contributed by atoms with E-state index in [4.69, 9.17) is 4.74 Å². The standard InChI is InChI=1S/C24H29NO2/c1-23(2,3)17-11-13-19(14-12-17)27-16-18(26)15-22-24(4,5)20-9-7-8-10-21(20)25(22)6/h7-15H,16H2,1-6H3. The predicted octanol–water partition coefficient (Wildman–Crippen LogP) is 5.24. The fourth-order valence-corrected chi connectivity index (χ4v) is 3.66. The Balaban J connectivity index is 1.71. The van der Waals surface area contributed by atoms with Gasteiger partial charge < -0.3 is 9.64 Å². The second kappa shape index (κ2) is 6.88. The minimum Gasteiger partial charge on any atom is -0.485 e. The molecule has 1 heterocycles. The van der Waals surface area contributed by atoms with Crippen molar-refractivity contribution in [2.45, 2.75) is 45.4 Å². The first-order valence-electron chi connectivity index (χ1n) is 9.42. The molecule has 0 saturated heterocycles. The number of likely N-dealkylation sites (N-methyl/N-ethyl adjacent to an activating group) is 1. The number of nitrogens with zero attached hydrogens (tertiary/aromatic N) is 1. The molecule has 27 heavy (non-hydrogen) atoms. The SMILES string of the molecule is CN1C(=CC(=O)COc2ccc(C(C)(C)C)cc2)C(C)(C)c2ccccc21. The minimum atomic E-state index is -0.199. The number of hydrogen-bond donors (Lipinski definition) is 0. The van der Waals surface area contributed by atoms with Gasteiger partial charge in [-0.3, -0.25) is 4.79 Å². The first-order valence-corrected chi connectivity index (χ1v) is 9.42. The number of hydrogen-bond acceptors (Lipinski definition) is 3. The van der Waals surface area contributed by atoms with Crippen molar-refractivity contribution in [3.63, 3.8) is 0 Å². The van der Waals surface area contributed by atoms with Crippen molar-refractivity contribution in [1.82, 2.24) is 0 Å². The number of ketones is 1. The van der Waals surface area contributed by atoms with E-state index in [1.807, 2.05) is 31.3 Å². The second-order valence-corrected chi connectivity index (χ2v) is 8.76. The van der Waals surface area contributed by atoms with Crippen molar-refractivity contribution in [2.75, 3.05) is 18.6 Å². The summed E-state index contributed by atoms with van der Waals surface area (Å²) in [4.78, 5) is 14.7. The summed E-state index contributed by atoms with van der Waals surface area (Å²) >= 11 is 0. The smallest absolute Gasteiger partial charge is 0.194 e. The van der Waals surface area contributed by atoms with Gasteiger partial charge in [0.05, 0.1) is 0 Å². The molecule has 2 aromatic rings. The summed E-state index contributed by atoms with van der Waals surface area (Å²) in [6, 6.07) is 16.3. The Labute approximate surface area is 162 Å². The maximum absolute atomic E-state index is 12.6. The molecule has 0 aliphatic carbocycles. The molecule has 3 rings (SSSR count). The lowest BCUT2D eigenvalue weighted by Crippen LogP contribution is -2.25. The second-order valence-electron chi connectivity index (χ2n) is 8.76.